The average Bonchev–Trinajstić information content (AvgIpc) is 2.38. The number of rotatable bonds is 4. The zero-order valence-corrected chi connectivity index (χ0v) is 13.4. The largest absolute Gasteiger partial charge is 0.480 e. The molecule has 6 heteroatoms. The van der Waals surface area contributed by atoms with E-state index in [9.17, 15) is 14.7 Å². The van der Waals surface area contributed by atoms with E-state index in [2.05, 4.69) is 28.2 Å². The van der Waals surface area contributed by atoms with Crippen molar-refractivity contribution < 1.29 is 14.7 Å². The molecule has 1 aliphatic carbocycles. The molecule has 1 fully saturated rings. The van der Waals surface area contributed by atoms with Crippen molar-refractivity contribution in [3.63, 3.8) is 0 Å². The van der Waals surface area contributed by atoms with Gasteiger partial charge in [-0.15, -0.1) is 0 Å². The standard InChI is InChI=1S/C15H19BrN2O3/c1-9-3-2-6-15(8-9,14(20)21)18-10-4-5-11(13(17)19)12(16)7-10/h4-5,7,9,18H,2-3,6,8H2,1H3,(H2,17,19)(H,20,21). The van der Waals surface area contributed by atoms with Crippen molar-refractivity contribution in [3.05, 3.63) is 28.2 Å². The van der Waals surface area contributed by atoms with Gasteiger partial charge in [0.05, 0.1) is 5.56 Å². The van der Waals surface area contributed by atoms with Crippen LogP contribution in [0.1, 0.15) is 43.0 Å². The van der Waals surface area contributed by atoms with E-state index in [1.54, 1.807) is 18.2 Å². The molecule has 4 N–H and O–H groups in total. The van der Waals surface area contributed by atoms with Gasteiger partial charge in [0, 0.05) is 10.2 Å². The number of carbonyl (C=O) groups excluding carboxylic acids is 1. The van der Waals surface area contributed by atoms with E-state index in [4.69, 9.17) is 5.73 Å². The lowest BCUT2D eigenvalue weighted by atomic mass is 9.76. The number of aliphatic carboxylic acids is 1. The normalized spacial score (nSPS) is 25.3. The molecule has 0 spiro atoms. The number of benzene rings is 1. The molecule has 2 atom stereocenters. The van der Waals surface area contributed by atoms with E-state index in [-0.39, 0.29) is 0 Å². The Morgan fingerprint density at radius 3 is 2.71 bits per heavy atom. The number of hydrogen-bond donors (Lipinski definition) is 3. The molecule has 2 rings (SSSR count). The summed E-state index contributed by atoms with van der Waals surface area (Å²) >= 11 is 3.29. The highest BCUT2D eigenvalue weighted by Gasteiger charge is 2.41. The molecule has 0 radical (unpaired) electrons. The second-order valence-corrected chi connectivity index (χ2v) is 6.63. The summed E-state index contributed by atoms with van der Waals surface area (Å²) in [5.74, 6) is -0.979. The first kappa shape index (κ1) is 15.8. The molecule has 1 aliphatic rings. The Kier molecular flexibility index (Phi) is 4.56. The lowest BCUT2D eigenvalue weighted by molar-refractivity contribution is -0.144. The van der Waals surface area contributed by atoms with Gasteiger partial charge in [-0.3, -0.25) is 4.79 Å². The van der Waals surface area contributed by atoms with Gasteiger partial charge in [-0.1, -0.05) is 19.8 Å². The highest BCUT2D eigenvalue weighted by Crippen LogP contribution is 2.36. The Morgan fingerprint density at radius 2 is 2.19 bits per heavy atom. The van der Waals surface area contributed by atoms with E-state index >= 15 is 0 Å². The maximum absolute atomic E-state index is 11.7. The summed E-state index contributed by atoms with van der Waals surface area (Å²) < 4.78 is 0.560. The quantitative estimate of drug-likeness (QED) is 0.774. The van der Waals surface area contributed by atoms with Crippen LogP contribution in [0.4, 0.5) is 5.69 Å². The van der Waals surface area contributed by atoms with Crippen LogP contribution in [0.2, 0.25) is 0 Å². The van der Waals surface area contributed by atoms with Gasteiger partial charge in [0.1, 0.15) is 5.54 Å². The van der Waals surface area contributed by atoms with Crippen LogP contribution in [-0.2, 0) is 4.79 Å². The highest BCUT2D eigenvalue weighted by atomic mass is 79.9. The SMILES string of the molecule is CC1CCCC(Nc2ccc(C(N)=O)c(Br)c2)(C(=O)O)C1. The number of nitrogens with two attached hydrogens (primary N) is 1. The summed E-state index contributed by atoms with van der Waals surface area (Å²) in [6, 6.07) is 4.98. The van der Waals surface area contributed by atoms with Crippen molar-refractivity contribution in [2.75, 3.05) is 5.32 Å². The third-order valence-corrected chi connectivity index (χ3v) is 4.68. The van der Waals surface area contributed by atoms with E-state index in [1.807, 2.05) is 0 Å². The zero-order valence-electron chi connectivity index (χ0n) is 11.9. The molecule has 0 aromatic heterocycles. The summed E-state index contributed by atoms with van der Waals surface area (Å²) in [6.07, 6.45) is 3.14. The van der Waals surface area contributed by atoms with Crippen molar-refractivity contribution in [3.8, 4) is 0 Å². The fourth-order valence-corrected chi connectivity index (χ4v) is 3.56. The maximum atomic E-state index is 11.7. The van der Waals surface area contributed by atoms with Crippen LogP contribution in [0.3, 0.4) is 0 Å². The lowest BCUT2D eigenvalue weighted by Gasteiger charge is -2.38. The molecule has 114 valence electrons. The molecule has 0 heterocycles. The molecule has 1 saturated carbocycles. The third-order valence-electron chi connectivity index (χ3n) is 4.02. The van der Waals surface area contributed by atoms with E-state index in [1.165, 1.54) is 0 Å². The zero-order chi connectivity index (χ0) is 15.6. The van der Waals surface area contributed by atoms with Crippen molar-refractivity contribution in [2.45, 2.75) is 38.1 Å². The van der Waals surface area contributed by atoms with Crippen molar-refractivity contribution in [1.29, 1.82) is 0 Å². The number of primary amides is 1. The first-order chi connectivity index (χ1) is 9.84. The Morgan fingerprint density at radius 1 is 1.48 bits per heavy atom. The first-order valence-electron chi connectivity index (χ1n) is 6.95. The predicted molar refractivity (Wildman–Crippen MR) is 84.3 cm³/mol. The maximum Gasteiger partial charge on any atom is 0.329 e. The van der Waals surface area contributed by atoms with Crippen LogP contribution >= 0.6 is 15.9 Å². The van der Waals surface area contributed by atoms with Crippen LogP contribution in [0.5, 0.6) is 0 Å². The molecule has 21 heavy (non-hydrogen) atoms. The van der Waals surface area contributed by atoms with Gasteiger partial charge < -0.3 is 16.2 Å². The number of carboxylic acids is 1. The van der Waals surface area contributed by atoms with Crippen LogP contribution in [0.15, 0.2) is 22.7 Å². The number of hydrogen-bond acceptors (Lipinski definition) is 3. The van der Waals surface area contributed by atoms with Gasteiger partial charge in [-0.2, -0.15) is 0 Å². The van der Waals surface area contributed by atoms with E-state index in [0.29, 0.717) is 34.5 Å². The number of carbonyl (C=O) groups is 2. The summed E-state index contributed by atoms with van der Waals surface area (Å²) in [5, 5.41) is 12.8. The van der Waals surface area contributed by atoms with E-state index < -0.39 is 17.4 Å². The monoisotopic (exact) mass is 354 g/mol. The van der Waals surface area contributed by atoms with E-state index in [0.717, 1.165) is 12.8 Å². The molecule has 1 aromatic rings. The van der Waals surface area contributed by atoms with Gasteiger partial charge in [-0.25, -0.2) is 4.79 Å². The summed E-state index contributed by atoms with van der Waals surface area (Å²) in [6.45, 7) is 2.07. The average molecular weight is 355 g/mol. The molecular formula is C15H19BrN2O3. The lowest BCUT2D eigenvalue weighted by Crippen LogP contribution is -2.49. The van der Waals surface area contributed by atoms with Crippen molar-refractivity contribution >= 4 is 33.5 Å². The van der Waals surface area contributed by atoms with Gasteiger partial charge >= 0.3 is 5.97 Å². The molecule has 1 aromatic carbocycles. The van der Waals surface area contributed by atoms with Crippen LogP contribution < -0.4 is 11.1 Å². The molecule has 0 aliphatic heterocycles. The molecule has 0 saturated heterocycles. The molecule has 5 nitrogen and oxygen atoms in total. The Bertz CT molecular complexity index is 576. The Hall–Kier alpha value is -1.56. The van der Waals surface area contributed by atoms with Gasteiger partial charge in [0.15, 0.2) is 0 Å². The third kappa shape index (κ3) is 3.37. The van der Waals surface area contributed by atoms with Gasteiger partial charge in [0.25, 0.3) is 0 Å². The minimum absolute atomic E-state index is 0.371. The number of nitrogens with one attached hydrogen (secondary N) is 1. The Labute approximate surface area is 132 Å². The topological polar surface area (TPSA) is 92.4 Å². The summed E-state index contributed by atoms with van der Waals surface area (Å²) in [4.78, 5) is 23.0. The number of anilines is 1. The van der Waals surface area contributed by atoms with Gasteiger partial charge in [-0.05, 0) is 52.9 Å². The highest BCUT2D eigenvalue weighted by molar-refractivity contribution is 9.10. The molecule has 1 amide bonds. The number of amides is 1. The second kappa shape index (κ2) is 6.05. The Balaban J connectivity index is 2.27. The molecule has 0 bridgehead atoms. The first-order valence-corrected chi connectivity index (χ1v) is 7.74. The molecule has 2 unspecified atom stereocenters. The predicted octanol–water partition coefficient (Wildman–Crippen LogP) is 2.99. The summed E-state index contributed by atoms with van der Waals surface area (Å²) in [7, 11) is 0. The minimum atomic E-state index is -0.939. The van der Waals surface area contributed by atoms with Gasteiger partial charge in [0.2, 0.25) is 5.91 Å². The van der Waals surface area contributed by atoms with Crippen LogP contribution in [0.25, 0.3) is 0 Å². The fraction of sp³-hybridized carbons (Fsp3) is 0.467. The second-order valence-electron chi connectivity index (χ2n) is 5.77. The minimum Gasteiger partial charge on any atom is -0.480 e. The number of carboxylic acid groups (broad SMARTS) is 1. The smallest absolute Gasteiger partial charge is 0.329 e. The molecular weight excluding hydrogens is 336 g/mol. The summed E-state index contributed by atoms with van der Waals surface area (Å²) in [5.41, 5.74) is 5.37. The van der Waals surface area contributed by atoms with Crippen LogP contribution in [-0.4, -0.2) is 22.5 Å². The number of halogens is 1. The van der Waals surface area contributed by atoms with Crippen LogP contribution in [0, 0.1) is 5.92 Å². The van der Waals surface area contributed by atoms with Crippen molar-refractivity contribution in [2.24, 2.45) is 11.7 Å². The van der Waals surface area contributed by atoms with Crippen molar-refractivity contribution in [1.82, 2.24) is 0 Å². The fourth-order valence-electron chi connectivity index (χ4n) is 2.98.